The van der Waals surface area contributed by atoms with Gasteiger partial charge in [0, 0.05) is 17.8 Å². The molecule has 0 aliphatic carbocycles. The second-order valence-electron chi connectivity index (χ2n) is 5.23. The quantitative estimate of drug-likeness (QED) is 0.848. The van der Waals surface area contributed by atoms with E-state index in [9.17, 15) is 0 Å². The first kappa shape index (κ1) is 13.0. The van der Waals surface area contributed by atoms with Crippen LogP contribution in [0.5, 0.6) is 5.75 Å². The van der Waals surface area contributed by atoms with Crippen LogP contribution in [0.4, 0.5) is 5.82 Å². The summed E-state index contributed by atoms with van der Waals surface area (Å²) < 4.78 is 5.52. The Hall–Kier alpha value is -2.03. The molecule has 1 unspecified atom stereocenters. The fraction of sp³-hybridized carbons (Fsp3) is 0.353. The van der Waals surface area contributed by atoms with Crippen LogP contribution in [0.2, 0.25) is 0 Å². The topological polar surface area (TPSA) is 25.4 Å². The van der Waals surface area contributed by atoms with E-state index in [0.717, 1.165) is 30.2 Å². The summed E-state index contributed by atoms with van der Waals surface area (Å²) in [6.45, 7) is 3.09. The minimum Gasteiger partial charge on any atom is -0.496 e. The molecule has 2 heterocycles. The zero-order valence-corrected chi connectivity index (χ0v) is 12.0. The van der Waals surface area contributed by atoms with Gasteiger partial charge in [0.05, 0.1) is 13.2 Å². The summed E-state index contributed by atoms with van der Waals surface area (Å²) >= 11 is 0. The van der Waals surface area contributed by atoms with E-state index in [2.05, 4.69) is 34.1 Å². The van der Waals surface area contributed by atoms with Crippen molar-refractivity contribution in [2.75, 3.05) is 18.6 Å². The average molecular weight is 268 g/mol. The first-order chi connectivity index (χ1) is 9.79. The SMILES string of the molecule is COc1ccccc1C1CCCN1c1cccc(C)n1. The van der Waals surface area contributed by atoms with Crippen molar-refractivity contribution in [2.45, 2.75) is 25.8 Å². The van der Waals surface area contributed by atoms with E-state index < -0.39 is 0 Å². The van der Waals surface area contributed by atoms with Crippen molar-refractivity contribution in [1.82, 2.24) is 4.98 Å². The Balaban J connectivity index is 1.96. The van der Waals surface area contributed by atoms with Crippen LogP contribution in [-0.2, 0) is 0 Å². The standard InChI is InChI=1S/C17H20N2O/c1-13-7-5-11-17(18-13)19-12-6-9-15(19)14-8-3-4-10-16(14)20-2/h3-5,7-8,10-11,15H,6,9,12H2,1-2H3. The van der Waals surface area contributed by atoms with Crippen molar-refractivity contribution < 1.29 is 4.74 Å². The van der Waals surface area contributed by atoms with Gasteiger partial charge in [0.15, 0.2) is 0 Å². The highest BCUT2D eigenvalue weighted by molar-refractivity contribution is 5.48. The molecule has 3 heteroatoms. The number of ether oxygens (including phenoxy) is 1. The number of hydrogen-bond donors (Lipinski definition) is 0. The molecular weight excluding hydrogens is 248 g/mol. The summed E-state index contributed by atoms with van der Waals surface area (Å²) in [5.74, 6) is 2.04. The minimum atomic E-state index is 0.362. The molecule has 1 aromatic heterocycles. The molecule has 1 aliphatic rings. The maximum Gasteiger partial charge on any atom is 0.129 e. The van der Waals surface area contributed by atoms with E-state index in [1.54, 1.807) is 7.11 Å². The number of nitrogens with zero attached hydrogens (tertiary/aromatic N) is 2. The number of hydrogen-bond acceptors (Lipinski definition) is 3. The van der Waals surface area contributed by atoms with Gasteiger partial charge in [-0.1, -0.05) is 24.3 Å². The molecule has 1 aromatic carbocycles. The zero-order valence-electron chi connectivity index (χ0n) is 12.0. The van der Waals surface area contributed by atoms with Gasteiger partial charge in [0.25, 0.3) is 0 Å². The molecule has 0 bridgehead atoms. The first-order valence-electron chi connectivity index (χ1n) is 7.13. The smallest absolute Gasteiger partial charge is 0.129 e. The number of methoxy groups -OCH3 is 1. The predicted octanol–water partition coefficient (Wildman–Crippen LogP) is 3.74. The summed E-state index contributed by atoms with van der Waals surface area (Å²) in [6.07, 6.45) is 2.34. The molecule has 0 radical (unpaired) electrons. The van der Waals surface area contributed by atoms with Gasteiger partial charge < -0.3 is 9.64 Å². The molecule has 0 saturated carbocycles. The van der Waals surface area contributed by atoms with Crippen LogP contribution in [0.1, 0.15) is 30.1 Å². The summed E-state index contributed by atoms with van der Waals surface area (Å²) in [7, 11) is 1.74. The lowest BCUT2D eigenvalue weighted by Gasteiger charge is -2.27. The lowest BCUT2D eigenvalue weighted by Crippen LogP contribution is -2.24. The Kier molecular flexibility index (Phi) is 3.59. The summed E-state index contributed by atoms with van der Waals surface area (Å²) in [6, 6.07) is 14.9. The van der Waals surface area contributed by atoms with Gasteiger partial charge in [-0.15, -0.1) is 0 Å². The highest BCUT2D eigenvalue weighted by Crippen LogP contribution is 2.38. The Labute approximate surface area is 120 Å². The molecule has 2 aromatic rings. The molecule has 1 saturated heterocycles. The van der Waals surface area contributed by atoms with Crippen LogP contribution in [0, 0.1) is 6.92 Å². The molecular formula is C17H20N2O. The second kappa shape index (κ2) is 5.53. The van der Waals surface area contributed by atoms with Gasteiger partial charge in [-0.25, -0.2) is 4.98 Å². The van der Waals surface area contributed by atoms with Crippen LogP contribution >= 0.6 is 0 Å². The summed E-state index contributed by atoms with van der Waals surface area (Å²) in [4.78, 5) is 7.07. The van der Waals surface area contributed by atoms with E-state index in [-0.39, 0.29) is 0 Å². The molecule has 0 N–H and O–H groups in total. The third-order valence-corrected chi connectivity index (χ3v) is 3.92. The van der Waals surface area contributed by atoms with E-state index in [0.29, 0.717) is 6.04 Å². The zero-order chi connectivity index (χ0) is 13.9. The molecule has 1 aliphatic heterocycles. The van der Waals surface area contributed by atoms with Crippen LogP contribution in [0.3, 0.4) is 0 Å². The van der Waals surface area contributed by atoms with Crippen molar-refractivity contribution in [3.63, 3.8) is 0 Å². The Morgan fingerprint density at radius 3 is 2.80 bits per heavy atom. The fourth-order valence-corrected chi connectivity index (χ4v) is 2.99. The highest BCUT2D eigenvalue weighted by atomic mass is 16.5. The number of rotatable bonds is 3. The molecule has 3 nitrogen and oxygen atoms in total. The average Bonchev–Trinajstić information content (AvgIpc) is 2.96. The van der Waals surface area contributed by atoms with E-state index in [4.69, 9.17) is 4.74 Å². The fourth-order valence-electron chi connectivity index (χ4n) is 2.99. The molecule has 1 fully saturated rings. The number of benzene rings is 1. The number of aromatic nitrogens is 1. The Morgan fingerprint density at radius 2 is 2.00 bits per heavy atom. The van der Waals surface area contributed by atoms with Crippen molar-refractivity contribution >= 4 is 5.82 Å². The molecule has 0 amide bonds. The molecule has 1 atom stereocenters. The monoisotopic (exact) mass is 268 g/mol. The third kappa shape index (κ3) is 2.36. The molecule has 20 heavy (non-hydrogen) atoms. The predicted molar refractivity (Wildman–Crippen MR) is 81.3 cm³/mol. The van der Waals surface area contributed by atoms with Crippen molar-refractivity contribution in [3.8, 4) is 5.75 Å². The van der Waals surface area contributed by atoms with Crippen molar-refractivity contribution in [3.05, 3.63) is 53.7 Å². The molecule has 104 valence electrons. The maximum absolute atomic E-state index is 5.52. The van der Waals surface area contributed by atoms with Crippen LogP contribution in [0.15, 0.2) is 42.5 Å². The number of para-hydroxylation sites is 1. The lowest BCUT2D eigenvalue weighted by molar-refractivity contribution is 0.405. The number of pyridine rings is 1. The van der Waals surface area contributed by atoms with E-state index >= 15 is 0 Å². The van der Waals surface area contributed by atoms with Gasteiger partial charge >= 0.3 is 0 Å². The van der Waals surface area contributed by atoms with Gasteiger partial charge in [-0.3, -0.25) is 0 Å². The summed E-state index contributed by atoms with van der Waals surface area (Å²) in [5.41, 5.74) is 2.32. The number of aryl methyl sites for hydroxylation is 1. The molecule has 3 rings (SSSR count). The van der Waals surface area contributed by atoms with Crippen molar-refractivity contribution in [2.24, 2.45) is 0 Å². The van der Waals surface area contributed by atoms with Crippen LogP contribution in [0.25, 0.3) is 0 Å². The third-order valence-electron chi connectivity index (χ3n) is 3.92. The van der Waals surface area contributed by atoms with E-state index in [1.807, 2.05) is 25.1 Å². The maximum atomic E-state index is 5.52. The van der Waals surface area contributed by atoms with Gasteiger partial charge in [0.2, 0.25) is 0 Å². The Bertz CT molecular complexity index is 597. The van der Waals surface area contributed by atoms with Gasteiger partial charge in [-0.2, -0.15) is 0 Å². The first-order valence-corrected chi connectivity index (χ1v) is 7.13. The minimum absolute atomic E-state index is 0.362. The van der Waals surface area contributed by atoms with Crippen LogP contribution in [-0.4, -0.2) is 18.6 Å². The van der Waals surface area contributed by atoms with Gasteiger partial charge in [-0.05, 0) is 38.0 Å². The van der Waals surface area contributed by atoms with Crippen LogP contribution < -0.4 is 9.64 Å². The van der Waals surface area contributed by atoms with E-state index in [1.165, 1.54) is 12.0 Å². The lowest BCUT2D eigenvalue weighted by atomic mass is 10.0. The largest absolute Gasteiger partial charge is 0.496 e. The Morgan fingerprint density at radius 1 is 1.15 bits per heavy atom. The normalized spacial score (nSPS) is 18.3. The summed E-state index contributed by atoms with van der Waals surface area (Å²) in [5, 5.41) is 0. The van der Waals surface area contributed by atoms with Gasteiger partial charge in [0.1, 0.15) is 11.6 Å². The van der Waals surface area contributed by atoms with Crippen molar-refractivity contribution in [1.29, 1.82) is 0 Å². The molecule has 0 spiro atoms. The highest BCUT2D eigenvalue weighted by Gasteiger charge is 2.29. The number of anilines is 1. The second-order valence-corrected chi connectivity index (χ2v) is 5.23.